The summed E-state index contributed by atoms with van der Waals surface area (Å²) in [6.07, 6.45) is 3.13. The lowest BCUT2D eigenvalue weighted by molar-refractivity contribution is 0.0676. The molecule has 0 spiro atoms. The lowest BCUT2D eigenvalue weighted by atomic mass is 10.1. The summed E-state index contributed by atoms with van der Waals surface area (Å²) in [5.74, 6) is -11.1. The molecule has 0 aliphatic heterocycles. The Bertz CT molecular complexity index is 3520. The molecule has 7 N–H and O–H groups in total. The van der Waals surface area contributed by atoms with E-state index in [0.717, 1.165) is 69.3 Å². The number of benzene rings is 2. The second-order valence-electron chi connectivity index (χ2n) is 13.9. The summed E-state index contributed by atoms with van der Waals surface area (Å²) in [6, 6.07) is 9.33. The summed E-state index contributed by atoms with van der Waals surface area (Å²) < 4.78 is 2.33. The largest absolute Gasteiger partial charge is 0.492 e. The minimum Gasteiger partial charge on any atom is -0.492 e. The Balaban J connectivity index is 1.38. The summed E-state index contributed by atoms with van der Waals surface area (Å²) in [6.45, 7) is 2.37. The number of nitrogens with one attached hydrogen (secondary N) is 1. The molecule has 0 amide bonds. The average Bonchev–Trinajstić information content (AvgIpc) is 3.95. The molecule has 30 nitrogen and oxygen atoms in total. The van der Waals surface area contributed by atoms with Crippen LogP contribution in [0.4, 0.5) is 23.3 Å². The molecular weight excluding hydrogens is 979 g/mol. The van der Waals surface area contributed by atoms with E-state index in [0.29, 0.717) is 0 Å². The van der Waals surface area contributed by atoms with E-state index in [1.54, 1.807) is 24.6 Å². The number of H-pyrrole nitrogens is 1. The fourth-order valence-corrected chi connectivity index (χ4v) is 7.02. The molecule has 0 aliphatic rings. The minimum absolute atomic E-state index is 0.0239. The number of nitriles is 2. The number of carboxylic acid groups (broad SMARTS) is 4. The Hall–Kier alpha value is -10.2. The van der Waals surface area contributed by atoms with Gasteiger partial charge in [0.2, 0.25) is 34.0 Å². The zero-order valence-corrected chi connectivity index (χ0v) is 37.6. The second-order valence-corrected chi connectivity index (χ2v) is 15.5. The number of carboxylic acids is 4. The maximum absolute atomic E-state index is 13.8. The number of azo groups is 2. The number of hydrogen-bond donors (Lipinski definition) is 7. The zero-order valence-electron chi connectivity index (χ0n) is 36.0. The quantitative estimate of drug-likeness (QED) is 0.0605. The van der Waals surface area contributed by atoms with Crippen molar-refractivity contribution in [2.45, 2.75) is 24.2 Å². The van der Waals surface area contributed by atoms with Crippen LogP contribution >= 0.6 is 23.5 Å². The molecule has 7 aromatic rings. The van der Waals surface area contributed by atoms with E-state index in [1.807, 2.05) is 0 Å². The molecule has 5 aromatic heterocycles. The number of pyridine rings is 2. The summed E-state index contributed by atoms with van der Waals surface area (Å²) >= 11 is 1.99. The van der Waals surface area contributed by atoms with Crippen LogP contribution in [-0.4, -0.2) is 121 Å². The SMILES string of the molecule is CSc1nc(N=Nc2c(C)c(C#N)c(=O)n(-c3nc(-n4c(O)c(N=Nc5nc(SC)nn5-c5cc(C(=O)O)cc(C(=O)O)c5)c(C)c(C#N)c4=O)[nH]c(=O)n3)c2O)n(-c2cc(C(=O)O)cc(C(=O)O)c2)n1. The second kappa shape index (κ2) is 19.2. The third kappa shape index (κ3) is 9.14. The first-order valence-electron chi connectivity index (χ1n) is 19.1. The average molecular weight is 1000 g/mol. The van der Waals surface area contributed by atoms with Crippen molar-refractivity contribution in [3.05, 3.63) is 112 Å². The molecule has 356 valence electrons. The van der Waals surface area contributed by atoms with Gasteiger partial charge < -0.3 is 30.6 Å². The molecule has 0 saturated heterocycles. The molecule has 32 heteroatoms. The molecule has 5 heterocycles. The van der Waals surface area contributed by atoms with Crippen molar-refractivity contribution in [2.75, 3.05) is 12.5 Å². The number of aromatic nitrogens is 11. The van der Waals surface area contributed by atoms with Crippen LogP contribution in [0.2, 0.25) is 0 Å². The Morgan fingerprint density at radius 1 is 0.592 bits per heavy atom. The number of hydrogen-bond acceptors (Lipinski definition) is 23. The van der Waals surface area contributed by atoms with Crippen LogP contribution in [-0.2, 0) is 0 Å². The number of rotatable bonds is 14. The standard InChI is InChI=1S/C39H25N17O13S2/c1-13-21(11-40)25(57)53(27(59)23(13)47-49-35-45-38(70-3)51-55(35)19-7-15(29(61)62)5-16(8-19)30(63)64)33-42-34(44-37(69)43-33)54-26(58)22(12-41)14(2)24(28(54)60)48-50-36-46-39(71-4)52-56(36)20-9-17(31(65)66)6-18(10-20)32(67)68/h5-10,59-60H,1-4H3,(H,61,62)(H,63,64)(H,65,66)(H,67,68)(H,42,43,44,69). The maximum atomic E-state index is 13.8. The smallest absolute Gasteiger partial charge is 0.351 e. The van der Waals surface area contributed by atoms with Crippen molar-refractivity contribution < 1.29 is 49.8 Å². The number of aromatic amines is 1. The topological polar surface area (TPSA) is 451 Å². The first-order chi connectivity index (χ1) is 33.7. The highest BCUT2D eigenvalue weighted by Crippen LogP contribution is 2.36. The van der Waals surface area contributed by atoms with Gasteiger partial charge in [0.1, 0.15) is 23.3 Å². The third-order valence-corrected chi connectivity index (χ3v) is 10.8. The van der Waals surface area contributed by atoms with Crippen molar-refractivity contribution in [3.8, 4) is 47.2 Å². The Morgan fingerprint density at radius 3 is 1.34 bits per heavy atom. The molecule has 0 atom stereocenters. The summed E-state index contributed by atoms with van der Waals surface area (Å²) in [5, 5.41) is 106. The molecule has 0 radical (unpaired) electrons. The monoisotopic (exact) mass is 1000 g/mol. The lowest BCUT2D eigenvalue weighted by Crippen LogP contribution is -2.31. The van der Waals surface area contributed by atoms with E-state index in [4.69, 9.17) is 0 Å². The molecule has 0 saturated carbocycles. The molecule has 71 heavy (non-hydrogen) atoms. The number of nitrogens with zero attached hydrogens (tertiary/aromatic N) is 16. The van der Waals surface area contributed by atoms with Crippen LogP contribution in [0.3, 0.4) is 0 Å². The Labute approximate surface area is 399 Å². The predicted octanol–water partition coefficient (Wildman–Crippen LogP) is 3.47. The van der Waals surface area contributed by atoms with Gasteiger partial charge >= 0.3 is 29.6 Å². The predicted molar refractivity (Wildman–Crippen MR) is 239 cm³/mol. The number of aromatic hydroxyl groups is 2. The van der Waals surface area contributed by atoms with Crippen LogP contribution < -0.4 is 16.8 Å². The molecular formula is C39H25N17O13S2. The van der Waals surface area contributed by atoms with E-state index in [1.165, 1.54) is 13.8 Å². The van der Waals surface area contributed by atoms with Crippen molar-refractivity contribution in [3.63, 3.8) is 0 Å². The van der Waals surface area contributed by atoms with Gasteiger partial charge in [0.15, 0.2) is 11.4 Å². The fraction of sp³-hybridized carbons (Fsp3) is 0.103. The van der Waals surface area contributed by atoms with E-state index in [2.05, 4.69) is 55.6 Å². The third-order valence-electron chi connectivity index (χ3n) is 9.70. The fourth-order valence-electron chi connectivity index (χ4n) is 6.34. The first kappa shape index (κ1) is 48.7. The van der Waals surface area contributed by atoms with Crippen molar-refractivity contribution in [1.82, 2.24) is 53.6 Å². The van der Waals surface area contributed by atoms with Crippen LogP contribution in [0.15, 0.2) is 81.6 Å². The molecule has 0 aliphatic carbocycles. The van der Waals surface area contributed by atoms with Crippen LogP contribution in [0, 0.1) is 36.5 Å². The van der Waals surface area contributed by atoms with Gasteiger partial charge in [0.05, 0.1) is 33.6 Å². The van der Waals surface area contributed by atoms with Crippen LogP contribution in [0.5, 0.6) is 11.8 Å². The Kier molecular flexibility index (Phi) is 13.2. The molecule has 2 aromatic carbocycles. The zero-order chi connectivity index (χ0) is 51.7. The number of thioether (sulfide) groups is 2. The van der Waals surface area contributed by atoms with Crippen LogP contribution in [0.1, 0.15) is 63.7 Å². The highest BCUT2D eigenvalue weighted by Gasteiger charge is 2.27. The van der Waals surface area contributed by atoms with Gasteiger partial charge in [-0.25, -0.2) is 33.1 Å². The Morgan fingerprint density at radius 2 is 0.972 bits per heavy atom. The van der Waals surface area contributed by atoms with Crippen molar-refractivity contribution in [1.29, 1.82) is 10.5 Å². The van der Waals surface area contributed by atoms with Gasteiger partial charge in [-0.15, -0.1) is 30.7 Å². The number of carbonyl (C=O) groups is 4. The van der Waals surface area contributed by atoms with Gasteiger partial charge in [-0.1, -0.05) is 23.5 Å². The molecule has 0 bridgehead atoms. The van der Waals surface area contributed by atoms with E-state index >= 15 is 0 Å². The molecule has 0 fully saturated rings. The van der Waals surface area contributed by atoms with Crippen molar-refractivity contribution in [2.24, 2.45) is 20.5 Å². The minimum atomic E-state index is -1.48. The van der Waals surface area contributed by atoms with Crippen molar-refractivity contribution >= 4 is 70.7 Å². The van der Waals surface area contributed by atoms with E-state index < -0.39 is 121 Å². The lowest BCUT2D eigenvalue weighted by Gasteiger charge is -2.14. The highest BCUT2D eigenvalue weighted by atomic mass is 32.2. The van der Waals surface area contributed by atoms with Gasteiger partial charge in [-0.3, -0.25) is 14.6 Å². The van der Waals surface area contributed by atoms with Crippen LogP contribution in [0.25, 0.3) is 23.3 Å². The molecule has 7 rings (SSSR count). The summed E-state index contributed by atoms with van der Waals surface area (Å²) in [7, 11) is 0. The van der Waals surface area contributed by atoms with Gasteiger partial charge in [0.25, 0.3) is 23.0 Å². The normalized spacial score (nSPS) is 11.2. The van der Waals surface area contributed by atoms with Gasteiger partial charge in [-0.05, 0) is 62.8 Å². The maximum Gasteiger partial charge on any atom is 0.351 e. The van der Waals surface area contributed by atoms with Gasteiger partial charge in [-0.2, -0.15) is 39.8 Å². The van der Waals surface area contributed by atoms with E-state index in [-0.39, 0.29) is 41.9 Å². The highest BCUT2D eigenvalue weighted by molar-refractivity contribution is 7.98. The van der Waals surface area contributed by atoms with Gasteiger partial charge in [0, 0.05) is 11.1 Å². The summed E-state index contributed by atoms with van der Waals surface area (Å²) in [4.78, 5) is 106. The molecule has 0 unspecified atom stereocenters. The summed E-state index contributed by atoms with van der Waals surface area (Å²) in [5.41, 5.74) is -9.44. The number of aromatic carboxylic acids is 4. The first-order valence-corrected chi connectivity index (χ1v) is 21.5. The van der Waals surface area contributed by atoms with E-state index in [9.17, 15) is 74.7 Å².